The minimum atomic E-state index is -4.72. The van der Waals surface area contributed by atoms with Gasteiger partial charge in [-0.2, -0.15) is 0 Å². The maximum atomic E-state index is 12.9. The van der Waals surface area contributed by atoms with Crippen LogP contribution in [0.2, 0.25) is 0 Å². The number of furan rings is 1. The number of carbonyl (C=O) groups excluding carboxylic acids is 1. The van der Waals surface area contributed by atoms with Gasteiger partial charge in [0.05, 0.1) is 34.1 Å². The number of hydrogen-bond donors (Lipinski definition) is 3. The molecule has 214 valence electrons. The number of phosphoric acid groups is 1. The molecule has 2 unspecified atom stereocenters. The van der Waals surface area contributed by atoms with E-state index in [9.17, 15) is 9.36 Å². The van der Waals surface area contributed by atoms with Gasteiger partial charge in [0, 0.05) is 6.42 Å². The lowest BCUT2D eigenvalue weighted by Crippen LogP contribution is -2.25. The third-order valence-corrected chi connectivity index (χ3v) is 7.18. The molecule has 0 saturated carbocycles. The number of benzene rings is 2. The third kappa shape index (κ3) is 6.86. The summed E-state index contributed by atoms with van der Waals surface area (Å²) in [6.07, 6.45) is 3.84. The zero-order valence-electron chi connectivity index (χ0n) is 22.6. The molecule has 0 fully saturated rings. The van der Waals surface area contributed by atoms with Crippen molar-refractivity contribution in [3.05, 3.63) is 71.2 Å². The van der Waals surface area contributed by atoms with Crippen molar-refractivity contribution in [3.8, 4) is 23.0 Å². The smallest absolute Gasteiger partial charge is 0.472 e. The van der Waals surface area contributed by atoms with Crippen molar-refractivity contribution in [2.24, 2.45) is 5.92 Å². The van der Waals surface area contributed by atoms with Gasteiger partial charge in [-0.3, -0.25) is 4.79 Å². The molecule has 1 amide bonds. The number of hydrogen-bond acceptors (Lipinski definition) is 8. The standard InChI is InChI=1S/C28H32NO10P/c1-17-22(10-18-11-25(35-3)28(26(12-18)36-4)38-16-39-40(31,32)33)21-8-7-19(34-2)13-24(21)23(17)14-27(30)29-15-20-6-5-9-37-20/h5-13,17,23H,14-16H2,1-4H3,(H,29,30)(H2,31,32,33)/b22-10-. The van der Waals surface area contributed by atoms with Crippen molar-refractivity contribution in [2.75, 3.05) is 28.1 Å². The Hall–Kier alpha value is -3.76. The first kappa shape index (κ1) is 29.2. The summed E-state index contributed by atoms with van der Waals surface area (Å²) in [6, 6.07) is 12.9. The average Bonchev–Trinajstić information content (AvgIpc) is 3.54. The molecule has 3 N–H and O–H groups in total. The quantitative estimate of drug-likeness (QED) is 0.205. The highest BCUT2D eigenvalue weighted by Gasteiger charge is 2.35. The third-order valence-electron chi connectivity index (χ3n) is 6.74. The minimum absolute atomic E-state index is 0.0129. The molecule has 2 atom stereocenters. The topological polar surface area (TPSA) is 146 Å². The number of phosphoric ester groups is 1. The van der Waals surface area contributed by atoms with Gasteiger partial charge in [0.1, 0.15) is 11.5 Å². The van der Waals surface area contributed by atoms with Crippen LogP contribution in [0.5, 0.6) is 23.0 Å². The van der Waals surface area contributed by atoms with Crippen LogP contribution < -0.4 is 24.3 Å². The molecular weight excluding hydrogens is 541 g/mol. The maximum Gasteiger partial charge on any atom is 0.472 e. The second kappa shape index (κ2) is 12.6. The van der Waals surface area contributed by atoms with Crippen LogP contribution >= 0.6 is 7.82 Å². The first-order valence-electron chi connectivity index (χ1n) is 12.4. The number of fused-ring (bicyclic) bond motifs is 1. The first-order chi connectivity index (χ1) is 19.1. The van der Waals surface area contributed by atoms with Gasteiger partial charge in [0.2, 0.25) is 18.4 Å². The van der Waals surface area contributed by atoms with E-state index in [4.69, 9.17) is 33.2 Å². The Morgan fingerprint density at radius 3 is 2.40 bits per heavy atom. The zero-order chi connectivity index (χ0) is 28.9. The molecule has 0 bridgehead atoms. The molecule has 3 aromatic rings. The van der Waals surface area contributed by atoms with Gasteiger partial charge in [-0.1, -0.05) is 19.1 Å². The molecule has 0 radical (unpaired) electrons. The van der Waals surface area contributed by atoms with Gasteiger partial charge in [0.25, 0.3) is 0 Å². The largest absolute Gasteiger partial charge is 0.497 e. The number of nitrogens with one attached hydrogen (secondary N) is 1. The molecule has 1 aliphatic carbocycles. The molecule has 1 heterocycles. The van der Waals surface area contributed by atoms with Crippen LogP contribution in [0.25, 0.3) is 11.6 Å². The number of methoxy groups -OCH3 is 3. The molecular formula is C28H32NO10P. The van der Waals surface area contributed by atoms with Gasteiger partial charge < -0.3 is 38.5 Å². The lowest BCUT2D eigenvalue weighted by Gasteiger charge is -2.18. The summed E-state index contributed by atoms with van der Waals surface area (Å²) in [6.45, 7) is 1.69. The highest BCUT2D eigenvalue weighted by atomic mass is 31.2. The maximum absolute atomic E-state index is 12.9. The van der Waals surface area contributed by atoms with Crippen LogP contribution in [0.3, 0.4) is 0 Å². The summed E-state index contributed by atoms with van der Waals surface area (Å²) in [5.41, 5.74) is 3.78. The highest BCUT2D eigenvalue weighted by molar-refractivity contribution is 7.46. The predicted octanol–water partition coefficient (Wildman–Crippen LogP) is 4.73. The van der Waals surface area contributed by atoms with Crippen LogP contribution in [0.1, 0.15) is 41.7 Å². The summed E-state index contributed by atoms with van der Waals surface area (Å²) in [5, 5.41) is 2.93. The minimum Gasteiger partial charge on any atom is -0.497 e. The number of allylic oxidation sites excluding steroid dienone is 1. The van der Waals surface area contributed by atoms with Crippen molar-refractivity contribution in [2.45, 2.75) is 25.8 Å². The van der Waals surface area contributed by atoms with Gasteiger partial charge in [-0.25, -0.2) is 9.09 Å². The first-order valence-corrected chi connectivity index (χ1v) is 13.9. The van der Waals surface area contributed by atoms with E-state index < -0.39 is 14.6 Å². The lowest BCUT2D eigenvalue weighted by atomic mass is 9.88. The summed E-state index contributed by atoms with van der Waals surface area (Å²) in [7, 11) is -0.221. The van der Waals surface area contributed by atoms with E-state index in [1.165, 1.54) is 14.2 Å². The van der Waals surface area contributed by atoms with E-state index in [1.807, 2.05) is 30.3 Å². The fourth-order valence-electron chi connectivity index (χ4n) is 4.79. The van der Waals surface area contributed by atoms with E-state index >= 15 is 0 Å². The van der Waals surface area contributed by atoms with Crippen LogP contribution in [0, 0.1) is 5.92 Å². The normalized spacial score (nSPS) is 17.4. The number of amides is 1. The summed E-state index contributed by atoms with van der Waals surface area (Å²) >= 11 is 0. The number of ether oxygens (including phenoxy) is 4. The zero-order valence-corrected chi connectivity index (χ0v) is 23.5. The SMILES string of the molecule is COc1ccc2c(c1)C(CC(=O)NCc1ccco1)C(C)/C2=C/c1cc(OC)c(OCOP(=O)(O)O)c(OC)c1. The van der Waals surface area contributed by atoms with Crippen LogP contribution in [0.4, 0.5) is 0 Å². The van der Waals surface area contributed by atoms with Crippen molar-refractivity contribution >= 4 is 25.4 Å². The Balaban J connectivity index is 1.64. The average molecular weight is 574 g/mol. The van der Waals surface area contributed by atoms with Crippen molar-refractivity contribution in [1.29, 1.82) is 0 Å². The van der Waals surface area contributed by atoms with E-state index in [1.54, 1.807) is 31.6 Å². The Labute approximate surface area is 231 Å². The highest BCUT2D eigenvalue weighted by Crippen LogP contribution is 2.50. The van der Waals surface area contributed by atoms with E-state index in [-0.39, 0.29) is 41.4 Å². The molecule has 1 aliphatic rings. The molecule has 0 aliphatic heterocycles. The Morgan fingerprint density at radius 1 is 1.07 bits per heavy atom. The van der Waals surface area contributed by atoms with Gasteiger partial charge in [-0.15, -0.1) is 0 Å². The van der Waals surface area contributed by atoms with Crippen molar-refractivity contribution in [3.63, 3.8) is 0 Å². The Bertz CT molecular complexity index is 1390. The number of rotatable bonds is 12. The van der Waals surface area contributed by atoms with Gasteiger partial charge in [0.15, 0.2) is 11.5 Å². The summed E-state index contributed by atoms with van der Waals surface area (Å²) in [4.78, 5) is 30.8. The summed E-state index contributed by atoms with van der Waals surface area (Å²) in [5.74, 6) is 1.90. The molecule has 0 spiro atoms. The number of carbonyl (C=O) groups is 1. The Kier molecular flexibility index (Phi) is 9.21. The molecule has 1 aromatic heterocycles. The van der Waals surface area contributed by atoms with Crippen LogP contribution in [0.15, 0.2) is 53.1 Å². The van der Waals surface area contributed by atoms with Crippen molar-refractivity contribution in [1.82, 2.24) is 5.32 Å². The van der Waals surface area contributed by atoms with E-state index in [2.05, 4.69) is 16.8 Å². The monoisotopic (exact) mass is 573 g/mol. The second-order valence-electron chi connectivity index (χ2n) is 9.14. The van der Waals surface area contributed by atoms with Gasteiger partial charge in [-0.05, 0) is 70.5 Å². The van der Waals surface area contributed by atoms with Gasteiger partial charge >= 0.3 is 7.82 Å². The molecule has 12 heteroatoms. The lowest BCUT2D eigenvalue weighted by molar-refractivity contribution is -0.121. The van der Waals surface area contributed by atoms with Crippen molar-refractivity contribution < 1.29 is 47.0 Å². The molecule has 40 heavy (non-hydrogen) atoms. The molecule has 0 saturated heterocycles. The predicted molar refractivity (Wildman–Crippen MR) is 146 cm³/mol. The Morgan fingerprint density at radius 2 is 1.80 bits per heavy atom. The molecule has 2 aromatic carbocycles. The van der Waals surface area contributed by atoms with Crippen LogP contribution in [-0.4, -0.2) is 43.8 Å². The van der Waals surface area contributed by atoms with Crippen LogP contribution in [-0.2, 0) is 20.4 Å². The fraction of sp³-hybridized carbons (Fsp3) is 0.321. The fourth-order valence-corrected chi connectivity index (χ4v) is 4.98. The van der Waals surface area contributed by atoms with E-state index in [0.717, 1.165) is 22.3 Å². The summed E-state index contributed by atoms with van der Waals surface area (Å²) < 4.78 is 42.6. The molecule has 11 nitrogen and oxygen atoms in total. The second-order valence-corrected chi connectivity index (χ2v) is 10.4. The van der Waals surface area contributed by atoms with E-state index in [0.29, 0.717) is 18.1 Å². The molecule has 4 rings (SSSR count).